The summed E-state index contributed by atoms with van der Waals surface area (Å²) in [6.45, 7) is 6.47. The molecule has 0 bridgehead atoms. The summed E-state index contributed by atoms with van der Waals surface area (Å²) < 4.78 is 11.6. The van der Waals surface area contributed by atoms with Crippen molar-refractivity contribution < 1.29 is 4.74 Å². The number of hydrogen-bond acceptors (Lipinski definition) is 4. The zero-order chi connectivity index (χ0) is 20.2. The molecule has 8 heteroatoms. The van der Waals surface area contributed by atoms with Gasteiger partial charge in [-0.2, -0.15) is 4.98 Å². The molecule has 0 saturated heterocycles. The van der Waals surface area contributed by atoms with Gasteiger partial charge in [0.15, 0.2) is 11.2 Å². The molecule has 3 aromatic heterocycles. The standard InChI is InChI=1S/C20H23N5O3/c1-12-7-6-8-15(11-12)24-13(2)14(3)25-16-17(21-19(24)25)22(4)20(27)23(18(16)26)9-10-28-5/h6-8,11H,9-10H2,1-5H3. The van der Waals surface area contributed by atoms with E-state index in [9.17, 15) is 9.59 Å². The van der Waals surface area contributed by atoms with Crippen LogP contribution in [0.25, 0.3) is 22.6 Å². The Morgan fingerprint density at radius 2 is 1.86 bits per heavy atom. The Morgan fingerprint density at radius 1 is 1.11 bits per heavy atom. The topological polar surface area (TPSA) is 75.5 Å². The van der Waals surface area contributed by atoms with Crippen molar-refractivity contribution in [3.05, 3.63) is 62.1 Å². The fourth-order valence-electron chi connectivity index (χ4n) is 3.71. The molecule has 0 saturated carbocycles. The monoisotopic (exact) mass is 381 g/mol. The number of fused-ring (bicyclic) bond motifs is 3. The Morgan fingerprint density at radius 3 is 2.54 bits per heavy atom. The summed E-state index contributed by atoms with van der Waals surface area (Å²) in [5.41, 5.74) is 4.03. The van der Waals surface area contributed by atoms with Crippen molar-refractivity contribution in [2.75, 3.05) is 13.7 Å². The summed E-state index contributed by atoms with van der Waals surface area (Å²) in [5, 5.41) is 0. The van der Waals surface area contributed by atoms with Crippen LogP contribution in [0.2, 0.25) is 0 Å². The molecule has 28 heavy (non-hydrogen) atoms. The SMILES string of the molecule is COCCn1c(=O)c2c(nc3n(-c4cccc(C)c4)c(C)c(C)n23)n(C)c1=O. The molecule has 0 unspecified atom stereocenters. The first-order chi connectivity index (χ1) is 13.4. The van der Waals surface area contributed by atoms with E-state index in [-0.39, 0.29) is 18.7 Å². The number of nitrogens with zero attached hydrogens (tertiary/aromatic N) is 5. The highest BCUT2D eigenvalue weighted by Crippen LogP contribution is 2.24. The van der Waals surface area contributed by atoms with Gasteiger partial charge in [0, 0.05) is 31.2 Å². The van der Waals surface area contributed by atoms with Crippen LogP contribution >= 0.6 is 0 Å². The molecule has 1 aromatic carbocycles. The van der Waals surface area contributed by atoms with E-state index in [0.29, 0.717) is 16.9 Å². The van der Waals surface area contributed by atoms with Gasteiger partial charge in [0.2, 0.25) is 5.78 Å². The van der Waals surface area contributed by atoms with Crippen molar-refractivity contribution in [2.45, 2.75) is 27.3 Å². The fraction of sp³-hybridized carbons (Fsp3) is 0.350. The minimum Gasteiger partial charge on any atom is -0.383 e. The molecule has 4 aromatic rings. The Labute approximate surface area is 161 Å². The van der Waals surface area contributed by atoms with Crippen molar-refractivity contribution in [3.63, 3.8) is 0 Å². The summed E-state index contributed by atoms with van der Waals surface area (Å²) in [6.07, 6.45) is 0. The van der Waals surface area contributed by atoms with Crippen LogP contribution in [0, 0.1) is 20.8 Å². The summed E-state index contributed by atoms with van der Waals surface area (Å²) in [5.74, 6) is 0.618. The van der Waals surface area contributed by atoms with Gasteiger partial charge in [0.05, 0.1) is 13.2 Å². The Balaban J connectivity index is 2.15. The van der Waals surface area contributed by atoms with Crippen molar-refractivity contribution in [3.8, 4) is 5.69 Å². The van der Waals surface area contributed by atoms with Crippen LogP contribution in [0.5, 0.6) is 0 Å². The summed E-state index contributed by atoms with van der Waals surface area (Å²) in [7, 11) is 3.18. The number of hydrogen-bond donors (Lipinski definition) is 0. The first-order valence-electron chi connectivity index (χ1n) is 9.12. The lowest BCUT2D eigenvalue weighted by Gasteiger charge is -2.08. The highest BCUT2D eigenvalue weighted by Gasteiger charge is 2.23. The van der Waals surface area contributed by atoms with Crippen molar-refractivity contribution >= 4 is 16.9 Å². The third-order valence-electron chi connectivity index (χ3n) is 5.30. The van der Waals surface area contributed by atoms with Crippen molar-refractivity contribution in [1.29, 1.82) is 0 Å². The van der Waals surface area contributed by atoms with Gasteiger partial charge in [0.1, 0.15) is 0 Å². The minimum atomic E-state index is -0.396. The number of aromatic nitrogens is 5. The van der Waals surface area contributed by atoms with Gasteiger partial charge in [-0.25, -0.2) is 4.79 Å². The van der Waals surface area contributed by atoms with E-state index in [1.165, 1.54) is 9.13 Å². The third kappa shape index (κ3) is 2.45. The smallest absolute Gasteiger partial charge is 0.332 e. The van der Waals surface area contributed by atoms with Gasteiger partial charge in [-0.3, -0.25) is 22.9 Å². The van der Waals surface area contributed by atoms with E-state index < -0.39 is 5.69 Å². The summed E-state index contributed by atoms with van der Waals surface area (Å²) in [6, 6.07) is 8.11. The van der Waals surface area contributed by atoms with Gasteiger partial charge in [-0.1, -0.05) is 12.1 Å². The van der Waals surface area contributed by atoms with Crippen LogP contribution in [0.4, 0.5) is 0 Å². The molecule has 0 spiro atoms. The van der Waals surface area contributed by atoms with E-state index in [1.807, 2.05) is 47.9 Å². The molecule has 0 radical (unpaired) electrons. The molecule has 8 nitrogen and oxygen atoms in total. The lowest BCUT2D eigenvalue weighted by molar-refractivity contribution is 0.184. The predicted octanol–water partition coefficient (Wildman–Crippen LogP) is 1.71. The molecule has 0 amide bonds. The number of benzene rings is 1. The van der Waals surface area contributed by atoms with Crippen LogP contribution in [-0.4, -0.2) is 36.8 Å². The average Bonchev–Trinajstić information content (AvgIpc) is 3.16. The molecular formula is C20H23N5O3. The van der Waals surface area contributed by atoms with Crippen LogP contribution in [0.1, 0.15) is 17.0 Å². The van der Waals surface area contributed by atoms with Crippen LogP contribution in [0.15, 0.2) is 33.9 Å². The number of aryl methyl sites for hydroxylation is 3. The molecule has 3 heterocycles. The van der Waals surface area contributed by atoms with Crippen LogP contribution in [0.3, 0.4) is 0 Å². The summed E-state index contributed by atoms with van der Waals surface area (Å²) in [4.78, 5) is 30.5. The second kappa shape index (κ2) is 6.49. The fourth-order valence-corrected chi connectivity index (χ4v) is 3.71. The predicted molar refractivity (Wildman–Crippen MR) is 108 cm³/mol. The average molecular weight is 381 g/mol. The Bertz CT molecular complexity index is 1340. The molecule has 0 aliphatic heterocycles. The molecule has 4 rings (SSSR count). The largest absolute Gasteiger partial charge is 0.383 e. The highest BCUT2D eigenvalue weighted by atomic mass is 16.5. The Kier molecular flexibility index (Phi) is 4.23. The first kappa shape index (κ1) is 18.2. The van der Waals surface area contributed by atoms with Gasteiger partial charge < -0.3 is 4.74 Å². The van der Waals surface area contributed by atoms with E-state index in [0.717, 1.165) is 22.6 Å². The maximum absolute atomic E-state index is 13.2. The molecule has 0 aliphatic rings. The molecule has 146 valence electrons. The summed E-state index contributed by atoms with van der Waals surface area (Å²) >= 11 is 0. The maximum Gasteiger partial charge on any atom is 0.332 e. The van der Waals surface area contributed by atoms with E-state index in [2.05, 4.69) is 11.1 Å². The van der Waals surface area contributed by atoms with Crippen LogP contribution in [-0.2, 0) is 18.3 Å². The normalized spacial score (nSPS) is 11.8. The zero-order valence-corrected chi connectivity index (χ0v) is 16.7. The van der Waals surface area contributed by atoms with E-state index in [4.69, 9.17) is 4.74 Å². The molecule has 0 N–H and O–H groups in total. The molecule has 0 fully saturated rings. The Hall–Kier alpha value is -3.13. The zero-order valence-electron chi connectivity index (χ0n) is 16.7. The molecular weight excluding hydrogens is 358 g/mol. The second-order valence-electron chi connectivity index (χ2n) is 7.06. The lowest BCUT2D eigenvalue weighted by Crippen LogP contribution is -2.40. The number of imidazole rings is 2. The maximum atomic E-state index is 13.2. The second-order valence-corrected chi connectivity index (χ2v) is 7.06. The number of rotatable bonds is 4. The lowest BCUT2D eigenvalue weighted by atomic mass is 10.2. The van der Waals surface area contributed by atoms with Crippen molar-refractivity contribution in [2.24, 2.45) is 7.05 Å². The minimum absolute atomic E-state index is 0.196. The number of ether oxygens (including phenoxy) is 1. The van der Waals surface area contributed by atoms with Gasteiger partial charge in [-0.05, 0) is 38.5 Å². The molecule has 0 atom stereocenters. The number of methoxy groups -OCH3 is 1. The van der Waals surface area contributed by atoms with Crippen LogP contribution < -0.4 is 11.2 Å². The van der Waals surface area contributed by atoms with Gasteiger partial charge >= 0.3 is 5.69 Å². The first-order valence-corrected chi connectivity index (χ1v) is 9.12. The van der Waals surface area contributed by atoms with E-state index >= 15 is 0 Å². The van der Waals surface area contributed by atoms with Gasteiger partial charge in [0.25, 0.3) is 5.56 Å². The quantitative estimate of drug-likeness (QED) is 0.539. The van der Waals surface area contributed by atoms with E-state index in [1.54, 1.807) is 14.2 Å². The highest BCUT2D eigenvalue weighted by molar-refractivity contribution is 5.77. The van der Waals surface area contributed by atoms with Gasteiger partial charge in [-0.15, -0.1) is 0 Å². The van der Waals surface area contributed by atoms with Crippen molar-refractivity contribution in [1.82, 2.24) is 23.1 Å². The third-order valence-corrected chi connectivity index (χ3v) is 5.30. The molecule has 0 aliphatic carbocycles.